The Morgan fingerprint density at radius 3 is 2.52 bits per heavy atom. The van der Waals surface area contributed by atoms with Gasteiger partial charge in [0.25, 0.3) is 0 Å². The molecule has 1 fully saturated rings. The fraction of sp³-hybridized carbons (Fsp3) is 0.381. The maximum Gasteiger partial charge on any atom is 0.226 e. The Morgan fingerprint density at radius 2 is 1.85 bits per heavy atom. The second kappa shape index (κ2) is 10.5. The lowest BCUT2D eigenvalue weighted by Gasteiger charge is -2.32. The first-order chi connectivity index (χ1) is 12.6. The van der Waals surface area contributed by atoms with E-state index in [-0.39, 0.29) is 18.3 Å². The zero-order valence-electron chi connectivity index (χ0n) is 15.5. The second-order valence-electron chi connectivity index (χ2n) is 6.68. The summed E-state index contributed by atoms with van der Waals surface area (Å²) in [5, 5.41) is 4.01. The lowest BCUT2D eigenvalue weighted by atomic mass is 10.0. The van der Waals surface area contributed by atoms with Gasteiger partial charge in [0.1, 0.15) is 12.4 Å². The van der Waals surface area contributed by atoms with Crippen LogP contribution in [0.15, 0.2) is 48.5 Å². The first kappa shape index (κ1) is 21.5. The quantitative estimate of drug-likeness (QED) is 0.782. The van der Waals surface area contributed by atoms with Crippen molar-refractivity contribution in [1.29, 1.82) is 0 Å². The topological polar surface area (TPSA) is 41.6 Å². The number of likely N-dealkylation sites (tertiary alicyclic amines) is 1. The van der Waals surface area contributed by atoms with Crippen molar-refractivity contribution >= 4 is 29.9 Å². The molecule has 2 aromatic carbocycles. The number of hydrogen-bond acceptors (Lipinski definition) is 3. The third-order valence-electron chi connectivity index (χ3n) is 4.83. The number of carbonyl (C=O) groups is 1. The highest BCUT2D eigenvalue weighted by atomic mass is 35.5. The number of halogens is 2. The van der Waals surface area contributed by atoms with Crippen LogP contribution in [0.25, 0.3) is 0 Å². The summed E-state index contributed by atoms with van der Waals surface area (Å²) < 4.78 is 5.85. The molecule has 1 aliphatic rings. The predicted molar refractivity (Wildman–Crippen MR) is 112 cm³/mol. The Bertz CT molecular complexity index is 729. The SMILES string of the molecule is CNC1CCN(C(=O)Cc2cccc(OCc3ccc(Cl)cc3)c2)CC1.Cl. The van der Waals surface area contributed by atoms with E-state index >= 15 is 0 Å². The standard InChI is InChI=1S/C21H25ClN2O2.ClH/c1-23-19-9-11-24(12-10-19)21(25)14-17-3-2-4-20(13-17)26-15-16-5-7-18(22)8-6-16;/h2-8,13,19,23H,9-12,14-15H2,1H3;1H. The maximum atomic E-state index is 12.5. The molecule has 1 N–H and O–H groups in total. The van der Waals surface area contributed by atoms with E-state index in [1.165, 1.54) is 0 Å². The van der Waals surface area contributed by atoms with E-state index in [0.717, 1.165) is 42.8 Å². The molecule has 1 amide bonds. The van der Waals surface area contributed by atoms with Gasteiger partial charge in [0.2, 0.25) is 5.91 Å². The van der Waals surface area contributed by atoms with Crippen molar-refractivity contribution in [2.75, 3.05) is 20.1 Å². The Hall–Kier alpha value is -1.75. The molecule has 4 nitrogen and oxygen atoms in total. The molecule has 146 valence electrons. The molecule has 0 spiro atoms. The van der Waals surface area contributed by atoms with Gasteiger partial charge in [-0.1, -0.05) is 35.9 Å². The Kier molecular flexibility index (Phi) is 8.42. The zero-order valence-corrected chi connectivity index (χ0v) is 17.1. The third kappa shape index (κ3) is 6.42. The van der Waals surface area contributed by atoms with Gasteiger partial charge in [0, 0.05) is 24.2 Å². The molecule has 0 saturated carbocycles. The van der Waals surface area contributed by atoms with Crippen LogP contribution in [-0.4, -0.2) is 37.0 Å². The van der Waals surface area contributed by atoms with E-state index in [2.05, 4.69) is 5.32 Å². The van der Waals surface area contributed by atoms with Gasteiger partial charge in [-0.15, -0.1) is 12.4 Å². The molecule has 0 bridgehead atoms. The molecule has 0 atom stereocenters. The van der Waals surface area contributed by atoms with Crippen molar-refractivity contribution < 1.29 is 9.53 Å². The summed E-state index contributed by atoms with van der Waals surface area (Å²) in [6, 6.07) is 15.9. The van der Waals surface area contributed by atoms with E-state index in [9.17, 15) is 4.79 Å². The Balaban J connectivity index is 0.00000261. The van der Waals surface area contributed by atoms with Crippen molar-refractivity contribution in [3.63, 3.8) is 0 Å². The molecule has 2 aromatic rings. The van der Waals surface area contributed by atoms with Crippen LogP contribution >= 0.6 is 24.0 Å². The van der Waals surface area contributed by atoms with E-state index in [1.54, 1.807) is 0 Å². The van der Waals surface area contributed by atoms with Crippen LogP contribution in [-0.2, 0) is 17.8 Å². The van der Waals surface area contributed by atoms with Crippen LogP contribution in [0.3, 0.4) is 0 Å². The summed E-state index contributed by atoms with van der Waals surface area (Å²) in [6.45, 7) is 2.14. The summed E-state index contributed by atoms with van der Waals surface area (Å²) in [7, 11) is 1.98. The van der Waals surface area contributed by atoms with Crippen LogP contribution < -0.4 is 10.1 Å². The van der Waals surface area contributed by atoms with Crippen LogP contribution in [0.2, 0.25) is 5.02 Å². The highest BCUT2D eigenvalue weighted by molar-refractivity contribution is 6.30. The van der Waals surface area contributed by atoms with Crippen LogP contribution in [0.4, 0.5) is 0 Å². The summed E-state index contributed by atoms with van der Waals surface area (Å²) in [5.74, 6) is 0.966. The summed E-state index contributed by atoms with van der Waals surface area (Å²) in [5.41, 5.74) is 2.04. The number of rotatable bonds is 6. The second-order valence-corrected chi connectivity index (χ2v) is 7.12. The van der Waals surface area contributed by atoms with Crippen molar-refractivity contribution in [3.05, 3.63) is 64.7 Å². The molecular formula is C21H26Cl2N2O2. The molecule has 0 radical (unpaired) electrons. The molecule has 1 saturated heterocycles. The molecule has 3 rings (SSSR count). The van der Waals surface area contributed by atoms with Crippen molar-refractivity contribution in [2.45, 2.75) is 31.9 Å². The highest BCUT2D eigenvalue weighted by Gasteiger charge is 2.21. The number of piperidine rings is 1. The number of nitrogens with zero attached hydrogens (tertiary/aromatic N) is 1. The number of carbonyl (C=O) groups excluding carboxylic acids is 1. The van der Waals surface area contributed by atoms with Gasteiger partial charge in [-0.3, -0.25) is 4.79 Å². The highest BCUT2D eigenvalue weighted by Crippen LogP contribution is 2.18. The minimum atomic E-state index is 0. The van der Waals surface area contributed by atoms with Crippen LogP contribution in [0.1, 0.15) is 24.0 Å². The predicted octanol–water partition coefficient (Wildman–Crippen LogP) is 4.09. The molecule has 0 aliphatic carbocycles. The Labute approximate surface area is 172 Å². The first-order valence-corrected chi connectivity index (χ1v) is 9.43. The van der Waals surface area contributed by atoms with Gasteiger partial charge in [-0.2, -0.15) is 0 Å². The van der Waals surface area contributed by atoms with Crippen molar-refractivity contribution in [1.82, 2.24) is 10.2 Å². The molecule has 27 heavy (non-hydrogen) atoms. The van der Waals surface area contributed by atoms with Gasteiger partial charge in [-0.25, -0.2) is 0 Å². The average Bonchev–Trinajstić information content (AvgIpc) is 2.68. The molecular weight excluding hydrogens is 383 g/mol. The maximum absolute atomic E-state index is 12.5. The minimum Gasteiger partial charge on any atom is -0.489 e. The van der Waals surface area contributed by atoms with Gasteiger partial charge in [0.15, 0.2) is 0 Å². The van der Waals surface area contributed by atoms with E-state index in [4.69, 9.17) is 16.3 Å². The van der Waals surface area contributed by atoms with Crippen LogP contribution in [0, 0.1) is 0 Å². The molecule has 6 heteroatoms. The van der Waals surface area contributed by atoms with Gasteiger partial charge < -0.3 is 15.0 Å². The normalized spacial score (nSPS) is 14.5. The van der Waals surface area contributed by atoms with Crippen molar-refractivity contribution in [3.8, 4) is 5.75 Å². The number of amides is 1. The zero-order chi connectivity index (χ0) is 18.4. The summed E-state index contributed by atoms with van der Waals surface area (Å²) >= 11 is 5.90. The number of benzene rings is 2. The fourth-order valence-corrected chi connectivity index (χ4v) is 3.32. The molecule has 1 heterocycles. The van der Waals surface area contributed by atoms with Crippen molar-refractivity contribution in [2.24, 2.45) is 0 Å². The van der Waals surface area contributed by atoms with Gasteiger partial charge in [-0.05, 0) is 55.3 Å². The molecule has 0 unspecified atom stereocenters. The smallest absolute Gasteiger partial charge is 0.226 e. The lowest BCUT2D eigenvalue weighted by Crippen LogP contribution is -2.44. The van der Waals surface area contributed by atoms with Gasteiger partial charge >= 0.3 is 0 Å². The number of nitrogens with one attached hydrogen (secondary N) is 1. The minimum absolute atomic E-state index is 0. The van der Waals surface area contributed by atoms with Crippen LogP contribution in [0.5, 0.6) is 5.75 Å². The monoisotopic (exact) mass is 408 g/mol. The van der Waals surface area contributed by atoms with E-state index in [1.807, 2.05) is 60.5 Å². The van der Waals surface area contributed by atoms with Gasteiger partial charge in [0.05, 0.1) is 6.42 Å². The third-order valence-corrected chi connectivity index (χ3v) is 5.08. The summed E-state index contributed by atoms with van der Waals surface area (Å²) in [4.78, 5) is 14.5. The summed E-state index contributed by atoms with van der Waals surface area (Å²) in [6.07, 6.45) is 2.46. The average molecular weight is 409 g/mol. The number of ether oxygens (including phenoxy) is 1. The van der Waals surface area contributed by atoms with E-state index in [0.29, 0.717) is 24.1 Å². The largest absolute Gasteiger partial charge is 0.489 e. The molecule has 1 aliphatic heterocycles. The van der Waals surface area contributed by atoms with E-state index < -0.39 is 0 Å². The fourth-order valence-electron chi connectivity index (χ4n) is 3.20. The number of hydrogen-bond donors (Lipinski definition) is 1. The Morgan fingerprint density at radius 1 is 1.15 bits per heavy atom. The molecule has 0 aromatic heterocycles. The lowest BCUT2D eigenvalue weighted by molar-refractivity contribution is -0.131. The first-order valence-electron chi connectivity index (χ1n) is 9.05.